The number of thiazole rings is 1. The third kappa shape index (κ3) is 4.09. The van der Waals surface area contributed by atoms with E-state index in [2.05, 4.69) is 37.0 Å². The Morgan fingerprint density at radius 2 is 1.93 bits per heavy atom. The zero-order valence-corrected chi connectivity index (χ0v) is 17.6. The summed E-state index contributed by atoms with van der Waals surface area (Å²) in [5, 5.41) is 0.867. The van der Waals surface area contributed by atoms with Gasteiger partial charge < -0.3 is 9.64 Å². The summed E-state index contributed by atoms with van der Waals surface area (Å²) in [5.74, 6) is -0.303. The average Bonchev–Trinajstić information content (AvgIpc) is 3.09. The second kappa shape index (κ2) is 8.05. The molecule has 2 aromatic carbocycles. The van der Waals surface area contributed by atoms with Crippen LogP contribution in [-0.4, -0.2) is 35.5 Å². The maximum atomic E-state index is 13.2. The smallest absolute Gasteiger partial charge is 0.266 e. The number of aromatic nitrogens is 1. The van der Waals surface area contributed by atoms with E-state index in [4.69, 9.17) is 4.74 Å². The predicted molar refractivity (Wildman–Crippen MR) is 113 cm³/mol. The van der Waals surface area contributed by atoms with E-state index in [0.29, 0.717) is 24.6 Å². The van der Waals surface area contributed by atoms with Crippen molar-refractivity contribution in [1.82, 2.24) is 9.88 Å². The maximum absolute atomic E-state index is 13.2. The van der Waals surface area contributed by atoms with E-state index in [1.807, 2.05) is 11.8 Å². The fraction of sp³-hybridized carbons (Fsp3) is 0.304. The van der Waals surface area contributed by atoms with Crippen molar-refractivity contribution >= 4 is 17.2 Å². The molecule has 2 heterocycles. The highest BCUT2D eigenvalue weighted by atomic mass is 32.1. The van der Waals surface area contributed by atoms with Crippen LogP contribution in [0, 0.1) is 26.6 Å². The van der Waals surface area contributed by atoms with Crippen molar-refractivity contribution in [2.45, 2.75) is 26.9 Å². The first kappa shape index (κ1) is 19.7. The lowest BCUT2D eigenvalue weighted by Gasteiger charge is -2.33. The first-order valence-corrected chi connectivity index (χ1v) is 10.5. The van der Waals surface area contributed by atoms with E-state index >= 15 is 0 Å². The highest BCUT2D eigenvalue weighted by Gasteiger charge is 2.28. The van der Waals surface area contributed by atoms with E-state index in [1.165, 1.54) is 29.0 Å². The van der Waals surface area contributed by atoms with Crippen LogP contribution >= 0.6 is 11.3 Å². The molecule has 0 aliphatic carbocycles. The van der Waals surface area contributed by atoms with Crippen molar-refractivity contribution in [1.29, 1.82) is 0 Å². The monoisotopic (exact) mass is 410 g/mol. The Hall–Kier alpha value is -2.57. The van der Waals surface area contributed by atoms with E-state index in [1.54, 1.807) is 12.1 Å². The molecule has 1 unspecified atom stereocenters. The van der Waals surface area contributed by atoms with Crippen molar-refractivity contribution in [3.8, 4) is 10.6 Å². The summed E-state index contributed by atoms with van der Waals surface area (Å²) in [7, 11) is 0. The molecule has 1 fully saturated rings. The van der Waals surface area contributed by atoms with Crippen LogP contribution in [0.15, 0.2) is 42.5 Å². The molecule has 1 aliphatic heterocycles. The van der Waals surface area contributed by atoms with E-state index in [0.717, 1.165) is 27.4 Å². The lowest BCUT2D eigenvalue weighted by molar-refractivity contribution is -0.0227. The fourth-order valence-electron chi connectivity index (χ4n) is 3.62. The standard InChI is InChI=1S/C23H23FN2O2S/c1-14-4-9-19(15(2)12-14)22-25-16(3)21(29-22)23(27)26-10-11-28-20(13-26)17-5-7-18(24)8-6-17/h4-9,12,20H,10-11,13H2,1-3H3. The van der Waals surface area contributed by atoms with Crippen molar-refractivity contribution in [2.75, 3.05) is 19.7 Å². The molecule has 0 bridgehead atoms. The van der Waals surface area contributed by atoms with Gasteiger partial charge in [0.25, 0.3) is 5.91 Å². The molecule has 1 atom stereocenters. The number of benzene rings is 2. The lowest BCUT2D eigenvalue weighted by atomic mass is 10.1. The van der Waals surface area contributed by atoms with Gasteiger partial charge >= 0.3 is 0 Å². The van der Waals surface area contributed by atoms with Gasteiger partial charge in [-0.3, -0.25) is 4.79 Å². The molecule has 1 saturated heterocycles. The second-order valence-electron chi connectivity index (χ2n) is 7.41. The van der Waals surface area contributed by atoms with Gasteiger partial charge in [-0.1, -0.05) is 35.9 Å². The zero-order valence-electron chi connectivity index (χ0n) is 16.7. The number of halogens is 1. The number of hydrogen-bond acceptors (Lipinski definition) is 4. The van der Waals surface area contributed by atoms with Gasteiger partial charge in [-0.25, -0.2) is 9.37 Å². The van der Waals surface area contributed by atoms with Gasteiger partial charge in [0, 0.05) is 12.1 Å². The normalized spacial score (nSPS) is 16.8. The second-order valence-corrected chi connectivity index (χ2v) is 8.41. The third-order valence-corrected chi connectivity index (χ3v) is 6.38. The molecule has 4 nitrogen and oxygen atoms in total. The minimum Gasteiger partial charge on any atom is -0.370 e. The molecule has 150 valence electrons. The Labute approximate surface area is 174 Å². The van der Waals surface area contributed by atoms with Gasteiger partial charge in [0.2, 0.25) is 0 Å². The molecule has 29 heavy (non-hydrogen) atoms. The molecule has 3 aromatic rings. The van der Waals surface area contributed by atoms with Crippen LogP contribution in [-0.2, 0) is 4.74 Å². The highest BCUT2D eigenvalue weighted by Crippen LogP contribution is 2.32. The van der Waals surface area contributed by atoms with Crippen molar-refractivity contribution in [3.63, 3.8) is 0 Å². The summed E-state index contributed by atoms with van der Waals surface area (Å²) in [6, 6.07) is 12.5. The van der Waals surface area contributed by atoms with Crippen molar-refractivity contribution < 1.29 is 13.9 Å². The molecule has 0 N–H and O–H groups in total. The molecule has 6 heteroatoms. The van der Waals surface area contributed by atoms with Gasteiger partial charge in [-0.05, 0) is 44.0 Å². The number of ether oxygens (including phenoxy) is 1. The van der Waals surface area contributed by atoms with Crippen molar-refractivity contribution in [3.05, 3.63) is 75.5 Å². The Kier molecular flexibility index (Phi) is 5.48. The van der Waals surface area contributed by atoms with Crippen LogP contribution < -0.4 is 0 Å². The number of aryl methyl sites for hydroxylation is 3. The third-order valence-electron chi connectivity index (χ3n) is 5.20. The van der Waals surface area contributed by atoms with Crippen LogP contribution in [0.5, 0.6) is 0 Å². The predicted octanol–water partition coefficient (Wildman–Crippen LogP) is 5.09. The molecular weight excluding hydrogens is 387 g/mol. The van der Waals surface area contributed by atoms with Crippen LogP contribution in [0.2, 0.25) is 0 Å². The Balaban J connectivity index is 1.56. The first-order chi connectivity index (χ1) is 13.9. The first-order valence-electron chi connectivity index (χ1n) is 9.64. The number of nitrogens with zero attached hydrogens (tertiary/aromatic N) is 2. The summed E-state index contributed by atoms with van der Waals surface area (Å²) >= 11 is 1.44. The van der Waals surface area contributed by atoms with Gasteiger partial charge in [0.1, 0.15) is 21.8 Å². The molecule has 4 rings (SSSR count). The Morgan fingerprint density at radius 1 is 1.17 bits per heavy atom. The quantitative estimate of drug-likeness (QED) is 0.604. The van der Waals surface area contributed by atoms with E-state index in [9.17, 15) is 9.18 Å². The van der Waals surface area contributed by atoms with Crippen LogP contribution in [0.1, 0.15) is 38.2 Å². The summed E-state index contributed by atoms with van der Waals surface area (Å²) in [6.45, 7) is 7.45. The largest absolute Gasteiger partial charge is 0.370 e. The lowest BCUT2D eigenvalue weighted by Crippen LogP contribution is -2.42. The number of morpholine rings is 1. The fourth-order valence-corrected chi connectivity index (χ4v) is 4.74. The molecule has 1 amide bonds. The van der Waals surface area contributed by atoms with E-state index < -0.39 is 0 Å². The number of carbonyl (C=O) groups is 1. The topological polar surface area (TPSA) is 42.4 Å². The summed E-state index contributed by atoms with van der Waals surface area (Å²) in [6.07, 6.45) is -0.250. The SMILES string of the molecule is Cc1ccc(-c2nc(C)c(C(=O)N3CCOC(c4ccc(F)cc4)C3)s2)c(C)c1. The number of rotatable bonds is 3. The van der Waals surface area contributed by atoms with E-state index in [-0.39, 0.29) is 17.8 Å². The number of amides is 1. The zero-order chi connectivity index (χ0) is 20.5. The number of carbonyl (C=O) groups excluding carboxylic acids is 1. The van der Waals surface area contributed by atoms with Crippen LogP contribution in [0.3, 0.4) is 0 Å². The summed E-state index contributed by atoms with van der Waals surface area (Å²) in [4.78, 5) is 20.4. The average molecular weight is 411 g/mol. The van der Waals surface area contributed by atoms with Crippen molar-refractivity contribution in [2.24, 2.45) is 0 Å². The summed E-state index contributed by atoms with van der Waals surface area (Å²) in [5.41, 5.74) is 5.05. The summed E-state index contributed by atoms with van der Waals surface area (Å²) < 4.78 is 19.0. The Bertz CT molecular complexity index is 1050. The molecule has 0 saturated carbocycles. The Morgan fingerprint density at radius 3 is 2.66 bits per heavy atom. The molecular formula is C23H23FN2O2S. The van der Waals surface area contributed by atoms with Gasteiger partial charge in [0.05, 0.1) is 18.8 Å². The number of hydrogen-bond donors (Lipinski definition) is 0. The molecule has 0 spiro atoms. The van der Waals surface area contributed by atoms with Crippen LogP contribution in [0.4, 0.5) is 4.39 Å². The molecule has 1 aliphatic rings. The minimum absolute atomic E-state index is 0.0218. The molecule has 0 radical (unpaired) electrons. The maximum Gasteiger partial charge on any atom is 0.266 e. The molecule has 1 aromatic heterocycles. The van der Waals surface area contributed by atoms with Gasteiger partial charge in [-0.2, -0.15) is 0 Å². The minimum atomic E-state index is -0.281. The van der Waals surface area contributed by atoms with Gasteiger partial charge in [0.15, 0.2) is 0 Å². The van der Waals surface area contributed by atoms with Crippen LogP contribution in [0.25, 0.3) is 10.6 Å². The highest BCUT2D eigenvalue weighted by molar-refractivity contribution is 7.17. The van der Waals surface area contributed by atoms with Gasteiger partial charge in [-0.15, -0.1) is 11.3 Å².